The average molecular weight is 333 g/mol. The zero-order chi connectivity index (χ0) is 16.2. The first-order valence-corrected chi connectivity index (χ1v) is 8.86. The van der Waals surface area contributed by atoms with Gasteiger partial charge in [0.1, 0.15) is 4.90 Å². The van der Waals surface area contributed by atoms with Crippen LogP contribution in [0.25, 0.3) is 0 Å². The number of aromatic nitrogens is 1. The van der Waals surface area contributed by atoms with E-state index in [1.54, 1.807) is 18.2 Å². The van der Waals surface area contributed by atoms with Crippen LogP contribution < -0.4 is 0 Å². The van der Waals surface area contributed by atoms with Crippen molar-refractivity contribution in [2.24, 2.45) is 0 Å². The van der Waals surface area contributed by atoms with Crippen molar-refractivity contribution >= 4 is 21.8 Å². The molecule has 1 heterocycles. The van der Waals surface area contributed by atoms with E-state index >= 15 is 0 Å². The van der Waals surface area contributed by atoms with Crippen molar-refractivity contribution < 1.29 is 8.42 Å². The standard InChI is InChI=1S/C15H15N3O2S2/c1-18(2)22(19,20)14-6-7-15(17-10-14)21-11-13-5-3-4-12(8-13)9-16/h3-8,10H,11H2,1-2H3. The van der Waals surface area contributed by atoms with Gasteiger partial charge in [-0.15, -0.1) is 11.8 Å². The maximum Gasteiger partial charge on any atom is 0.244 e. The van der Waals surface area contributed by atoms with E-state index in [1.807, 2.05) is 18.2 Å². The van der Waals surface area contributed by atoms with E-state index in [9.17, 15) is 8.42 Å². The smallest absolute Gasteiger partial charge is 0.244 e. The Balaban J connectivity index is 2.07. The summed E-state index contributed by atoms with van der Waals surface area (Å²) < 4.78 is 25.0. The van der Waals surface area contributed by atoms with Gasteiger partial charge in [0.25, 0.3) is 0 Å². The lowest BCUT2D eigenvalue weighted by molar-refractivity contribution is 0.520. The maximum atomic E-state index is 11.9. The molecule has 7 heteroatoms. The van der Waals surface area contributed by atoms with Crippen LogP contribution in [-0.4, -0.2) is 31.8 Å². The van der Waals surface area contributed by atoms with Crippen LogP contribution in [0, 0.1) is 11.3 Å². The molecule has 0 unspecified atom stereocenters. The second-order valence-corrected chi connectivity index (χ2v) is 7.87. The lowest BCUT2D eigenvalue weighted by atomic mass is 10.2. The van der Waals surface area contributed by atoms with Gasteiger partial charge in [0.2, 0.25) is 10.0 Å². The molecule has 0 radical (unpaired) electrons. The quantitative estimate of drug-likeness (QED) is 0.786. The highest BCUT2D eigenvalue weighted by molar-refractivity contribution is 7.98. The first-order valence-electron chi connectivity index (χ1n) is 6.44. The van der Waals surface area contributed by atoms with Crippen molar-refractivity contribution in [1.29, 1.82) is 5.26 Å². The molecule has 0 spiro atoms. The van der Waals surface area contributed by atoms with Crippen LogP contribution in [0.4, 0.5) is 0 Å². The SMILES string of the molecule is CN(C)S(=O)(=O)c1ccc(SCc2cccc(C#N)c2)nc1. The summed E-state index contributed by atoms with van der Waals surface area (Å²) in [5.74, 6) is 0.669. The molecule has 0 saturated carbocycles. The van der Waals surface area contributed by atoms with Gasteiger partial charge in [-0.05, 0) is 29.8 Å². The molecular weight excluding hydrogens is 318 g/mol. The minimum absolute atomic E-state index is 0.174. The summed E-state index contributed by atoms with van der Waals surface area (Å²) in [5.41, 5.74) is 1.65. The van der Waals surface area contributed by atoms with E-state index in [0.717, 1.165) is 14.9 Å². The van der Waals surface area contributed by atoms with Crippen molar-refractivity contribution in [2.45, 2.75) is 15.7 Å². The summed E-state index contributed by atoms with van der Waals surface area (Å²) in [7, 11) is -0.472. The van der Waals surface area contributed by atoms with Gasteiger partial charge < -0.3 is 0 Å². The monoisotopic (exact) mass is 333 g/mol. The molecule has 0 saturated heterocycles. The molecule has 0 aliphatic carbocycles. The van der Waals surface area contributed by atoms with Gasteiger partial charge in [-0.25, -0.2) is 17.7 Å². The number of hydrogen-bond donors (Lipinski definition) is 0. The number of pyridine rings is 1. The Morgan fingerprint density at radius 2 is 2.05 bits per heavy atom. The molecule has 0 aliphatic rings. The normalized spacial score (nSPS) is 11.4. The lowest BCUT2D eigenvalue weighted by Gasteiger charge is -2.11. The van der Waals surface area contributed by atoms with E-state index in [1.165, 1.54) is 32.1 Å². The van der Waals surface area contributed by atoms with Gasteiger partial charge in [-0.3, -0.25) is 0 Å². The van der Waals surface area contributed by atoms with Gasteiger partial charge in [-0.1, -0.05) is 12.1 Å². The van der Waals surface area contributed by atoms with E-state index in [-0.39, 0.29) is 4.90 Å². The predicted octanol–water partition coefficient (Wildman–Crippen LogP) is 2.50. The Morgan fingerprint density at radius 3 is 2.64 bits per heavy atom. The Kier molecular flexibility index (Phi) is 5.19. The Morgan fingerprint density at radius 1 is 1.27 bits per heavy atom. The number of nitriles is 1. The molecule has 0 N–H and O–H groups in total. The zero-order valence-corrected chi connectivity index (χ0v) is 13.9. The summed E-state index contributed by atoms with van der Waals surface area (Å²) >= 11 is 1.49. The minimum Gasteiger partial charge on any atom is -0.249 e. The second-order valence-electron chi connectivity index (χ2n) is 4.72. The van der Waals surface area contributed by atoms with Crippen molar-refractivity contribution in [3.05, 3.63) is 53.7 Å². The van der Waals surface area contributed by atoms with Gasteiger partial charge in [-0.2, -0.15) is 5.26 Å². The molecule has 0 fully saturated rings. The first-order chi connectivity index (χ1) is 10.4. The van der Waals surface area contributed by atoms with E-state index in [4.69, 9.17) is 5.26 Å². The molecule has 1 aromatic carbocycles. The molecule has 2 aromatic rings. The van der Waals surface area contributed by atoms with Gasteiger partial charge in [0.15, 0.2) is 0 Å². The summed E-state index contributed by atoms with van der Waals surface area (Å²) in [4.78, 5) is 4.35. The fourth-order valence-corrected chi connectivity index (χ4v) is 3.34. The van der Waals surface area contributed by atoms with Gasteiger partial charge in [0, 0.05) is 26.0 Å². The second kappa shape index (κ2) is 6.92. The third-order valence-corrected chi connectivity index (χ3v) is 5.74. The zero-order valence-electron chi connectivity index (χ0n) is 12.2. The van der Waals surface area contributed by atoms with Crippen LogP contribution in [0.2, 0.25) is 0 Å². The maximum absolute atomic E-state index is 11.9. The first kappa shape index (κ1) is 16.5. The van der Waals surface area contributed by atoms with Gasteiger partial charge in [0.05, 0.1) is 16.7 Å². The van der Waals surface area contributed by atoms with E-state index in [2.05, 4.69) is 11.1 Å². The van der Waals surface area contributed by atoms with Crippen molar-refractivity contribution in [2.75, 3.05) is 14.1 Å². The number of thioether (sulfide) groups is 1. The fourth-order valence-electron chi connectivity index (χ4n) is 1.70. The lowest BCUT2D eigenvalue weighted by Crippen LogP contribution is -2.22. The predicted molar refractivity (Wildman–Crippen MR) is 85.8 cm³/mol. The molecule has 0 aliphatic heterocycles. The summed E-state index contributed by atoms with van der Waals surface area (Å²) in [6.07, 6.45) is 1.36. The third kappa shape index (κ3) is 3.85. The van der Waals surface area contributed by atoms with Crippen LogP contribution >= 0.6 is 11.8 Å². The van der Waals surface area contributed by atoms with Crippen LogP contribution in [0.5, 0.6) is 0 Å². The Bertz CT molecular complexity index is 794. The number of rotatable bonds is 5. The topological polar surface area (TPSA) is 74.1 Å². The third-order valence-electron chi connectivity index (χ3n) is 2.93. The number of nitrogens with zero attached hydrogens (tertiary/aromatic N) is 3. The van der Waals surface area contributed by atoms with Crippen molar-refractivity contribution in [1.82, 2.24) is 9.29 Å². The van der Waals surface area contributed by atoms with E-state index in [0.29, 0.717) is 11.3 Å². The van der Waals surface area contributed by atoms with Crippen LogP contribution in [-0.2, 0) is 15.8 Å². The molecule has 2 rings (SSSR count). The van der Waals surface area contributed by atoms with Gasteiger partial charge >= 0.3 is 0 Å². The fraction of sp³-hybridized carbons (Fsp3) is 0.200. The number of hydrogen-bond acceptors (Lipinski definition) is 5. The highest BCUT2D eigenvalue weighted by atomic mass is 32.2. The number of benzene rings is 1. The molecule has 1 aromatic heterocycles. The highest BCUT2D eigenvalue weighted by Crippen LogP contribution is 2.22. The largest absolute Gasteiger partial charge is 0.249 e. The molecule has 0 atom stereocenters. The molecule has 22 heavy (non-hydrogen) atoms. The summed E-state index contributed by atoms with van der Waals surface area (Å²) in [6.45, 7) is 0. The molecular formula is C15H15N3O2S2. The van der Waals surface area contributed by atoms with Crippen LogP contribution in [0.15, 0.2) is 52.5 Å². The molecule has 0 bridgehead atoms. The highest BCUT2D eigenvalue weighted by Gasteiger charge is 2.17. The Labute approximate surface area is 134 Å². The molecule has 114 valence electrons. The van der Waals surface area contributed by atoms with E-state index < -0.39 is 10.0 Å². The van der Waals surface area contributed by atoms with Crippen LogP contribution in [0.1, 0.15) is 11.1 Å². The van der Waals surface area contributed by atoms with Crippen molar-refractivity contribution in [3.8, 4) is 6.07 Å². The summed E-state index contributed by atoms with van der Waals surface area (Å²) in [5, 5.41) is 9.61. The van der Waals surface area contributed by atoms with Crippen molar-refractivity contribution in [3.63, 3.8) is 0 Å². The minimum atomic E-state index is -3.44. The number of sulfonamides is 1. The summed E-state index contributed by atoms with van der Waals surface area (Å²) in [6, 6.07) is 12.7. The van der Waals surface area contributed by atoms with Crippen LogP contribution in [0.3, 0.4) is 0 Å². The molecule has 5 nitrogen and oxygen atoms in total. The Hall–Kier alpha value is -1.88. The average Bonchev–Trinajstić information content (AvgIpc) is 2.53. The molecule has 0 amide bonds.